The van der Waals surface area contributed by atoms with Gasteiger partial charge >= 0.3 is 5.97 Å². The van der Waals surface area contributed by atoms with Crippen LogP contribution in [0.5, 0.6) is 0 Å². The lowest BCUT2D eigenvalue weighted by molar-refractivity contribution is -0.385. The number of ether oxygens (including phenoxy) is 1. The maximum Gasteiger partial charge on any atom is 0.307 e. The SMILES string of the molecule is CC(=O)O/C=C/c1ccccc1[N+](=O)[O-]. The van der Waals surface area contributed by atoms with Crippen molar-refractivity contribution in [3.8, 4) is 0 Å². The van der Waals surface area contributed by atoms with Crippen LogP contribution in [0.2, 0.25) is 0 Å². The Morgan fingerprint density at radius 2 is 2.13 bits per heavy atom. The highest BCUT2D eigenvalue weighted by atomic mass is 16.6. The average molecular weight is 207 g/mol. The third-order valence-electron chi connectivity index (χ3n) is 1.62. The summed E-state index contributed by atoms with van der Waals surface area (Å²) in [5, 5.41) is 10.6. The number of para-hydroxylation sites is 1. The maximum atomic E-state index is 10.6. The molecule has 0 spiro atoms. The van der Waals surface area contributed by atoms with Gasteiger partial charge in [0, 0.05) is 13.0 Å². The number of benzene rings is 1. The molecule has 78 valence electrons. The van der Waals surface area contributed by atoms with Crippen molar-refractivity contribution < 1.29 is 14.5 Å². The molecular formula is C10H9NO4. The first-order valence-electron chi connectivity index (χ1n) is 4.18. The summed E-state index contributed by atoms with van der Waals surface area (Å²) in [6.07, 6.45) is 2.50. The van der Waals surface area contributed by atoms with Gasteiger partial charge in [-0.2, -0.15) is 0 Å². The number of rotatable bonds is 3. The molecule has 1 aromatic carbocycles. The Bertz CT molecular complexity index is 412. The number of hydrogen-bond acceptors (Lipinski definition) is 4. The summed E-state index contributed by atoms with van der Waals surface area (Å²) < 4.78 is 4.54. The highest BCUT2D eigenvalue weighted by molar-refractivity contribution is 5.68. The van der Waals surface area contributed by atoms with Crippen LogP contribution in [0.3, 0.4) is 0 Å². The van der Waals surface area contributed by atoms with Crippen LogP contribution >= 0.6 is 0 Å². The van der Waals surface area contributed by atoms with Gasteiger partial charge in [-0.15, -0.1) is 0 Å². The van der Waals surface area contributed by atoms with Gasteiger partial charge < -0.3 is 4.74 Å². The quantitative estimate of drug-likeness (QED) is 0.329. The van der Waals surface area contributed by atoms with Crippen LogP contribution in [0.25, 0.3) is 6.08 Å². The molecule has 1 rings (SSSR count). The molecule has 0 aliphatic rings. The maximum absolute atomic E-state index is 10.6. The molecule has 0 saturated carbocycles. The van der Waals surface area contributed by atoms with Gasteiger partial charge in [0.05, 0.1) is 16.7 Å². The molecule has 5 heteroatoms. The zero-order valence-electron chi connectivity index (χ0n) is 8.04. The highest BCUT2D eigenvalue weighted by Gasteiger charge is 2.08. The van der Waals surface area contributed by atoms with E-state index in [1.807, 2.05) is 0 Å². The molecule has 0 amide bonds. The fourth-order valence-electron chi connectivity index (χ4n) is 0.998. The van der Waals surface area contributed by atoms with Crippen LogP contribution in [0, 0.1) is 10.1 Å². The van der Waals surface area contributed by atoms with Gasteiger partial charge in [0.1, 0.15) is 0 Å². The number of carbonyl (C=O) groups is 1. The molecule has 0 N–H and O–H groups in total. The monoisotopic (exact) mass is 207 g/mol. The minimum absolute atomic E-state index is 0.0269. The van der Waals surface area contributed by atoms with Gasteiger partial charge in [0.15, 0.2) is 0 Å². The lowest BCUT2D eigenvalue weighted by Gasteiger charge is -1.96. The predicted molar refractivity (Wildman–Crippen MR) is 53.9 cm³/mol. The van der Waals surface area contributed by atoms with Gasteiger partial charge in [0.25, 0.3) is 5.69 Å². The Morgan fingerprint density at radius 3 is 2.73 bits per heavy atom. The lowest BCUT2D eigenvalue weighted by atomic mass is 10.2. The molecule has 15 heavy (non-hydrogen) atoms. The van der Waals surface area contributed by atoms with Crippen LogP contribution in [0.15, 0.2) is 30.5 Å². The molecule has 0 aromatic heterocycles. The molecule has 1 aromatic rings. The van der Waals surface area contributed by atoms with E-state index in [0.717, 1.165) is 6.26 Å². The normalized spacial score (nSPS) is 10.2. The Morgan fingerprint density at radius 1 is 1.47 bits per heavy atom. The standard InChI is InChI=1S/C10H9NO4/c1-8(12)15-7-6-9-4-2-3-5-10(9)11(13)14/h2-7H,1H3/b7-6+. The summed E-state index contributed by atoms with van der Waals surface area (Å²) in [5.41, 5.74) is 0.365. The number of esters is 1. The molecule has 0 fully saturated rings. The second-order valence-electron chi connectivity index (χ2n) is 2.73. The zero-order chi connectivity index (χ0) is 11.3. The summed E-state index contributed by atoms with van der Waals surface area (Å²) in [5.74, 6) is -0.468. The van der Waals surface area contributed by atoms with Crippen molar-refractivity contribution in [2.24, 2.45) is 0 Å². The molecule has 0 aliphatic heterocycles. The van der Waals surface area contributed by atoms with Crippen LogP contribution in [0.1, 0.15) is 12.5 Å². The summed E-state index contributed by atoms with van der Waals surface area (Å²) >= 11 is 0. The lowest BCUT2D eigenvalue weighted by Crippen LogP contribution is -1.92. The molecule has 0 bridgehead atoms. The van der Waals surface area contributed by atoms with Crippen molar-refractivity contribution in [2.75, 3.05) is 0 Å². The van der Waals surface area contributed by atoms with Crippen molar-refractivity contribution in [3.05, 3.63) is 46.2 Å². The fourth-order valence-corrected chi connectivity index (χ4v) is 0.998. The van der Waals surface area contributed by atoms with Crippen molar-refractivity contribution in [2.45, 2.75) is 6.92 Å². The second kappa shape index (κ2) is 4.90. The summed E-state index contributed by atoms with van der Waals surface area (Å²) in [6.45, 7) is 1.25. The topological polar surface area (TPSA) is 69.4 Å². The van der Waals surface area contributed by atoms with E-state index < -0.39 is 10.9 Å². The average Bonchev–Trinajstić information content (AvgIpc) is 2.17. The molecule has 0 radical (unpaired) electrons. The summed E-state index contributed by atoms with van der Waals surface area (Å²) in [4.78, 5) is 20.5. The fraction of sp³-hybridized carbons (Fsp3) is 0.100. The predicted octanol–water partition coefficient (Wildman–Crippen LogP) is 2.13. The molecule has 0 unspecified atom stereocenters. The van der Waals surface area contributed by atoms with E-state index in [9.17, 15) is 14.9 Å². The van der Waals surface area contributed by atoms with E-state index in [4.69, 9.17) is 0 Å². The molecule has 5 nitrogen and oxygen atoms in total. The number of nitrogens with zero attached hydrogens (tertiary/aromatic N) is 1. The van der Waals surface area contributed by atoms with Gasteiger partial charge in [-0.1, -0.05) is 12.1 Å². The van der Waals surface area contributed by atoms with Gasteiger partial charge in [-0.3, -0.25) is 14.9 Å². The van der Waals surface area contributed by atoms with Crippen molar-refractivity contribution in [3.63, 3.8) is 0 Å². The summed E-state index contributed by atoms with van der Waals surface area (Å²) in [7, 11) is 0. The van der Waals surface area contributed by atoms with Gasteiger partial charge in [-0.05, 0) is 12.1 Å². The minimum Gasteiger partial charge on any atom is -0.435 e. The van der Waals surface area contributed by atoms with Gasteiger partial charge in [0.2, 0.25) is 0 Å². The number of nitro benzene ring substituents is 1. The Hall–Kier alpha value is -2.17. The van der Waals surface area contributed by atoms with E-state index in [1.165, 1.54) is 19.1 Å². The van der Waals surface area contributed by atoms with E-state index in [1.54, 1.807) is 18.2 Å². The molecule has 0 atom stereocenters. The Kier molecular flexibility index (Phi) is 3.56. The largest absolute Gasteiger partial charge is 0.435 e. The highest BCUT2D eigenvalue weighted by Crippen LogP contribution is 2.18. The van der Waals surface area contributed by atoms with E-state index in [0.29, 0.717) is 5.56 Å². The first-order valence-corrected chi connectivity index (χ1v) is 4.18. The van der Waals surface area contributed by atoms with Crippen molar-refractivity contribution >= 4 is 17.7 Å². The van der Waals surface area contributed by atoms with Gasteiger partial charge in [-0.25, -0.2) is 0 Å². The zero-order valence-corrected chi connectivity index (χ0v) is 8.04. The number of carbonyl (C=O) groups excluding carboxylic acids is 1. The van der Waals surface area contributed by atoms with Crippen LogP contribution in [-0.4, -0.2) is 10.9 Å². The third-order valence-corrected chi connectivity index (χ3v) is 1.62. The number of hydrogen-bond donors (Lipinski definition) is 0. The smallest absolute Gasteiger partial charge is 0.307 e. The summed E-state index contributed by atoms with van der Waals surface area (Å²) in [6, 6.07) is 6.19. The third kappa shape index (κ3) is 3.22. The van der Waals surface area contributed by atoms with Crippen molar-refractivity contribution in [1.29, 1.82) is 0 Å². The van der Waals surface area contributed by atoms with Crippen LogP contribution in [0.4, 0.5) is 5.69 Å². The van der Waals surface area contributed by atoms with Crippen LogP contribution < -0.4 is 0 Å². The Labute approximate surface area is 86.1 Å². The molecular weight excluding hydrogens is 198 g/mol. The second-order valence-corrected chi connectivity index (χ2v) is 2.73. The van der Waals surface area contributed by atoms with E-state index in [2.05, 4.69) is 4.74 Å². The molecule has 0 aliphatic carbocycles. The van der Waals surface area contributed by atoms with Crippen molar-refractivity contribution in [1.82, 2.24) is 0 Å². The van der Waals surface area contributed by atoms with Crippen LogP contribution in [-0.2, 0) is 9.53 Å². The van der Waals surface area contributed by atoms with E-state index in [-0.39, 0.29) is 5.69 Å². The molecule has 0 saturated heterocycles. The Balaban J connectivity index is 2.89. The number of nitro groups is 1. The first-order chi connectivity index (χ1) is 7.11. The first kappa shape index (κ1) is 10.9. The minimum atomic E-state index is -0.493. The van der Waals surface area contributed by atoms with E-state index >= 15 is 0 Å². The molecule has 0 heterocycles.